The van der Waals surface area contributed by atoms with E-state index in [0.717, 1.165) is 16.9 Å². The standard InChI is InChI=1S/C34H26N2O5/c1-34(2,3)23-10-4-19(5-11-23)16-20-6-12-24(13-7-20)36-32(40)26-15-9-22(18-28(26)33(36)41)29(37)21-8-14-25-27(17-21)31(39)35-30(25)38/h4-15,17-18H,16H2,1-3H3,(H,35,38,39). The van der Waals surface area contributed by atoms with E-state index in [1.807, 2.05) is 12.1 Å². The summed E-state index contributed by atoms with van der Waals surface area (Å²) in [5.74, 6) is -2.46. The lowest BCUT2D eigenvalue weighted by Crippen LogP contribution is -2.29. The van der Waals surface area contributed by atoms with Gasteiger partial charge >= 0.3 is 0 Å². The molecule has 2 aliphatic rings. The van der Waals surface area contributed by atoms with Crippen LogP contribution in [-0.4, -0.2) is 29.4 Å². The summed E-state index contributed by atoms with van der Waals surface area (Å²) in [6.07, 6.45) is 0.719. The Hall–Kier alpha value is -5.17. The van der Waals surface area contributed by atoms with Crippen LogP contribution in [0.15, 0.2) is 84.9 Å². The van der Waals surface area contributed by atoms with Gasteiger partial charge in [0.25, 0.3) is 23.6 Å². The van der Waals surface area contributed by atoms with Gasteiger partial charge in [-0.3, -0.25) is 29.3 Å². The average molecular weight is 543 g/mol. The Morgan fingerprint density at radius 2 is 1.15 bits per heavy atom. The fourth-order valence-electron chi connectivity index (χ4n) is 5.21. The first-order valence-electron chi connectivity index (χ1n) is 13.3. The Morgan fingerprint density at radius 3 is 1.76 bits per heavy atom. The first-order chi connectivity index (χ1) is 19.5. The summed E-state index contributed by atoms with van der Waals surface area (Å²) in [4.78, 5) is 64.7. The molecule has 7 nitrogen and oxygen atoms in total. The molecule has 0 spiro atoms. The number of amides is 4. The molecule has 2 aliphatic heterocycles. The highest BCUT2D eigenvalue weighted by Crippen LogP contribution is 2.31. The van der Waals surface area contributed by atoms with Gasteiger partial charge in [-0.25, -0.2) is 4.90 Å². The number of nitrogens with one attached hydrogen (secondary N) is 1. The summed E-state index contributed by atoms with van der Waals surface area (Å²) in [7, 11) is 0. The van der Waals surface area contributed by atoms with Crippen molar-refractivity contribution in [2.75, 3.05) is 4.90 Å². The summed E-state index contributed by atoms with van der Waals surface area (Å²) in [5, 5.41) is 2.20. The number of hydrogen-bond acceptors (Lipinski definition) is 5. The van der Waals surface area contributed by atoms with E-state index in [9.17, 15) is 24.0 Å². The van der Waals surface area contributed by atoms with Gasteiger partial charge in [-0.2, -0.15) is 0 Å². The van der Waals surface area contributed by atoms with Crippen LogP contribution < -0.4 is 10.2 Å². The topological polar surface area (TPSA) is 101 Å². The first-order valence-corrected chi connectivity index (χ1v) is 13.3. The molecule has 0 bridgehead atoms. The second-order valence-corrected chi connectivity index (χ2v) is 11.4. The van der Waals surface area contributed by atoms with E-state index in [-0.39, 0.29) is 38.8 Å². The van der Waals surface area contributed by atoms with Gasteiger partial charge in [-0.05, 0) is 64.9 Å². The van der Waals surface area contributed by atoms with Crippen molar-refractivity contribution in [3.05, 3.63) is 135 Å². The van der Waals surface area contributed by atoms with E-state index in [1.54, 1.807) is 12.1 Å². The van der Waals surface area contributed by atoms with Gasteiger partial charge in [-0.15, -0.1) is 0 Å². The lowest BCUT2D eigenvalue weighted by atomic mass is 9.86. The minimum absolute atomic E-state index is 0.0853. The minimum atomic E-state index is -0.561. The summed E-state index contributed by atoms with van der Waals surface area (Å²) in [5.41, 5.74) is 5.11. The van der Waals surface area contributed by atoms with Crippen LogP contribution in [0.2, 0.25) is 0 Å². The van der Waals surface area contributed by atoms with Crippen molar-refractivity contribution in [1.29, 1.82) is 0 Å². The molecule has 4 aromatic rings. The zero-order valence-corrected chi connectivity index (χ0v) is 22.8. The molecule has 7 heteroatoms. The number of rotatable bonds is 5. The Kier molecular flexibility index (Phi) is 6.03. The molecular formula is C34H26N2O5. The lowest BCUT2D eigenvalue weighted by Gasteiger charge is -2.19. The molecule has 6 rings (SSSR count). The molecule has 0 atom stereocenters. The smallest absolute Gasteiger partial charge is 0.266 e. The summed E-state index contributed by atoms with van der Waals surface area (Å²) in [6.45, 7) is 6.54. The Labute approximate surface area is 236 Å². The monoisotopic (exact) mass is 542 g/mol. The zero-order chi connectivity index (χ0) is 29.1. The van der Waals surface area contributed by atoms with E-state index in [1.165, 1.54) is 47.5 Å². The van der Waals surface area contributed by atoms with Gasteiger partial charge in [0, 0.05) is 11.1 Å². The van der Waals surface area contributed by atoms with Gasteiger partial charge in [0.1, 0.15) is 0 Å². The molecule has 0 radical (unpaired) electrons. The maximum atomic E-state index is 13.3. The van der Waals surface area contributed by atoms with E-state index >= 15 is 0 Å². The second-order valence-electron chi connectivity index (χ2n) is 11.4. The van der Waals surface area contributed by atoms with Crippen LogP contribution in [0.25, 0.3) is 0 Å². The Morgan fingerprint density at radius 1 is 0.634 bits per heavy atom. The number of imide groups is 2. The van der Waals surface area contributed by atoms with E-state index < -0.39 is 29.4 Å². The van der Waals surface area contributed by atoms with Crippen LogP contribution in [0.3, 0.4) is 0 Å². The zero-order valence-electron chi connectivity index (χ0n) is 22.8. The highest BCUT2D eigenvalue weighted by Gasteiger charge is 2.37. The largest absolute Gasteiger partial charge is 0.289 e. The Bertz CT molecular complexity index is 1790. The molecule has 1 N–H and O–H groups in total. The van der Waals surface area contributed by atoms with Gasteiger partial charge in [0.15, 0.2) is 5.78 Å². The van der Waals surface area contributed by atoms with Crippen molar-refractivity contribution in [2.45, 2.75) is 32.6 Å². The molecule has 0 saturated carbocycles. The molecule has 0 aromatic heterocycles. The third kappa shape index (κ3) is 4.55. The molecule has 0 fully saturated rings. The minimum Gasteiger partial charge on any atom is -0.289 e. The predicted octanol–water partition coefficient (Wildman–Crippen LogP) is 5.49. The van der Waals surface area contributed by atoms with Crippen LogP contribution in [0.5, 0.6) is 0 Å². The highest BCUT2D eigenvalue weighted by atomic mass is 16.2. The van der Waals surface area contributed by atoms with E-state index in [0.29, 0.717) is 5.69 Å². The number of benzene rings is 4. The third-order valence-corrected chi connectivity index (χ3v) is 7.57. The maximum Gasteiger partial charge on any atom is 0.266 e. The number of fused-ring (bicyclic) bond motifs is 2. The molecule has 4 amide bonds. The molecule has 2 heterocycles. The fourth-order valence-corrected chi connectivity index (χ4v) is 5.21. The van der Waals surface area contributed by atoms with Crippen molar-refractivity contribution in [3.63, 3.8) is 0 Å². The van der Waals surface area contributed by atoms with Crippen LogP contribution in [-0.2, 0) is 11.8 Å². The van der Waals surface area contributed by atoms with Crippen molar-refractivity contribution in [3.8, 4) is 0 Å². The van der Waals surface area contributed by atoms with Crippen LogP contribution in [0.1, 0.15) is 94.8 Å². The number of anilines is 1. The molecule has 0 saturated heterocycles. The van der Waals surface area contributed by atoms with Crippen LogP contribution >= 0.6 is 0 Å². The number of carbonyl (C=O) groups excluding carboxylic acids is 5. The number of ketones is 1. The number of carbonyl (C=O) groups is 5. The number of hydrogen-bond donors (Lipinski definition) is 1. The highest BCUT2D eigenvalue weighted by molar-refractivity contribution is 6.35. The molecule has 0 unspecified atom stereocenters. The third-order valence-electron chi connectivity index (χ3n) is 7.57. The first kappa shape index (κ1) is 26.1. The van der Waals surface area contributed by atoms with Crippen molar-refractivity contribution in [2.24, 2.45) is 0 Å². The SMILES string of the molecule is CC(C)(C)c1ccc(Cc2ccc(N3C(=O)c4ccc(C(=O)c5ccc6c(c5)C(=O)NC6=O)cc4C3=O)cc2)cc1. The van der Waals surface area contributed by atoms with E-state index in [4.69, 9.17) is 0 Å². The average Bonchev–Trinajstić information content (AvgIpc) is 3.38. The lowest BCUT2D eigenvalue weighted by molar-refractivity contribution is 0.0874. The summed E-state index contributed by atoms with van der Waals surface area (Å²) >= 11 is 0. The number of nitrogens with zero attached hydrogens (tertiary/aromatic N) is 1. The molecule has 41 heavy (non-hydrogen) atoms. The van der Waals surface area contributed by atoms with Crippen molar-refractivity contribution < 1.29 is 24.0 Å². The fraction of sp³-hybridized carbons (Fsp3) is 0.147. The Balaban J connectivity index is 1.21. The quantitative estimate of drug-likeness (QED) is 0.266. The van der Waals surface area contributed by atoms with Crippen molar-refractivity contribution in [1.82, 2.24) is 5.32 Å². The van der Waals surface area contributed by atoms with Gasteiger partial charge < -0.3 is 0 Å². The van der Waals surface area contributed by atoms with Crippen LogP contribution in [0, 0.1) is 0 Å². The normalized spacial score (nSPS) is 14.3. The second kappa shape index (κ2) is 9.48. The van der Waals surface area contributed by atoms with Gasteiger partial charge in [0.05, 0.1) is 27.9 Å². The van der Waals surface area contributed by atoms with Crippen molar-refractivity contribution >= 4 is 35.1 Å². The predicted molar refractivity (Wildman–Crippen MR) is 154 cm³/mol. The summed E-state index contributed by atoms with van der Waals surface area (Å²) < 4.78 is 0. The van der Waals surface area contributed by atoms with Crippen LogP contribution in [0.4, 0.5) is 5.69 Å². The van der Waals surface area contributed by atoms with E-state index in [2.05, 4.69) is 50.4 Å². The maximum absolute atomic E-state index is 13.3. The molecule has 4 aromatic carbocycles. The molecule has 0 aliphatic carbocycles. The van der Waals surface area contributed by atoms with Gasteiger partial charge in [0.2, 0.25) is 0 Å². The summed E-state index contributed by atoms with van der Waals surface area (Å²) in [6, 6.07) is 24.5. The molecule has 202 valence electrons. The van der Waals surface area contributed by atoms with Gasteiger partial charge in [-0.1, -0.05) is 69.3 Å². The molecular weight excluding hydrogens is 516 g/mol.